The molecule has 1 aromatic rings. The first-order valence-corrected chi connectivity index (χ1v) is 5.66. The van der Waals surface area contributed by atoms with E-state index in [0.717, 1.165) is 0 Å². The molecule has 90 valence electrons. The fourth-order valence-corrected chi connectivity index (χ4v) is 1.72. The zero-order valence-corrected chi connectivity index (χ0v) is 10.8. The Balaban J connectivity index is 3.19. The molecule has 3 nitrogen and oxygen atoms in total. The highest BCUT2D eigenvalue weighted by atomic mass is 35.5. The summed E-state index contributed by atoms with van der Waals surface area (Å²) < 4.78 is 5.11. The number of hydrogen-bond acceptors (Lipinski definition) is 3. The van der Waals surface area contributed by atoms with Crippen LogP contribution in [0.5, 0.6) is 5.75 Å². The lowest BCUT2D eigenvalue weighted by molar-refractivity contribution is 0.0921. The van der Waals surface area contributed by atoms with Gasteiger partial charge in [-0.2, -0.15) is 5.26 Å². The van der Waals surface area contributed by atoms with Crippen LogP contribution in [0.25, 0.3) is 0 Å². The van der Waals surface area contributed by atoms with Crippen molar-refractivity contribution in [1.29, 1.82) is 5.26 Å². The number of nitriles is 1. The summed E-state index contributed by atoms with van der Waals surface area (Å²) in [5.41, 5.74) is 0.361. The van der Waals surface area contributed by atoms with Crippen LogP contribution in [0.4, 0.5) is 0 Å². The lowest BCUT2D eigenvalue weighted by Crippen LogP contribution is -2.19. The molecule has 0 aromatic heterocycles. The van der Waals surface area contributed by atoms with Gasteiger partial charge in [-0.1, -0.05) is 25.4 Å². The average Bonchev–Trinajstić information content (AvgIpc) is 2.29. The van der Waals surface area contributed by atoms with Crippen LogP contribution in [-0.2, 0) is 0 Å². The van der Waals surface area contributed by atoms with Crippen LogP contribution in [0.2, 0.25) is 5.02 Å². The van der Waals surface area contributed by atoms with Gasteiger partial charge >= 0.3 is 0 Å². The van der Waals surface area contributed by atoms with Crippen LogP contribution in [0.1, 0.15) is 24.2 Å². The number of Topliss-reactive ketones (excluding diaryl/α,β-unsaturated/α-hetero) is 1. The van der Waals surface area contributed by atoms with Crippen molar-refractivity contribution in [3.8, 4) is 11.8 Å². The number of methoxy groups -OCH3 is 1. The lowest BCUT2D eigenvalue weighted by atomic mass is 9.89. The van der Waals surface area contributed by atoms with Crippen LogP contribution in [0.3, 0.4) is 0 Å². The highest BCUT2D eigenvalue weighted by Gasteiger charge is 2.25. The van der Waals surface area contributed by atoms with Gasteiger partial charge < -0.3 is 4.74 Å². The van der Waals surface area contributed by atoms with Gasteiger partial charge in [0.25, 0.3) is 0 Å². The maximum absolute atomic E-state index is 12.2. The van der Waals surface area contributed by atoms with Crippen molar-refractivity contribution < 1.29 is 9.53 Å². The lowest BCUT2D eigenvalue weighted by Gasteiger charge is -2.14. The predicted molar refractivity (Wildman–Crippen MR) is 66.3 cm³/mol. The molecule has 0 saturated heterocycles. The molecule has 0 N–H and O–H groups in total. The Morgan fingerprint density at radius 2 is 2.12 bits per heavy atom. The second kappa shape index (κ2) is 5.70. The Labute approximate surface area is 106 Å². The first kappa shape index (κ1) is 13.5. The van der Waals surface area contributed by atoms with E-state index in [4.69, 9.17) is 21.6 Å². The first-order valence-electron chi connectivity index (χ1n) is 5.28. The third-order valence-electron chi connectivity index (χ3n) is 2.52. The Kier molecular flexibility index (Phi) is 4.53. The van der Waals surface area contributed by atoms with Crippen LogP contribution >= 0.6 is 11.6 Å². The minimum atomic E-state index is -0.678. The van der Waals surface area contributed by atoms with E-state index in [1.54, 1.807) is 12.1 Å². The number of nitrogens with zero attached hydrogens (tertiary/aromatic N) is 1. The van der Waals surface area contributed by atoms with Gasteiger partial charge in [0.2, 0.25) is 0 Å². The summed E-state index contributed by atoms with van der Waals surface area (Å²) in [6.07, 6.45) is 0. The van der Waals surface area contributed by atoms with Crippen LogP contribution in [-0.4, -0.2) is 12.9 Å². The van der Waals surface area contributed by atoms with E-state index in [1.165, 1.54) is 13.2 Å². The number of carbonyl (C=O) groups is 1. The number of ketones is 1. The Bertz CT molecular complexity index is 463. The molecule has 0 aliphatic rings. The van der Waals surface area contributed by atoms with Gasteiger partial charge in [0, 0.05) is 5.02 Å². The molecule has 1 atom stereocenters. The Hall–Kier alpha value is -1.53. The zero-order chi connectivity index (χ0) is 13.0. The third kappa shape index (κ3) is 2.98. The van der Waals surface area contributed by atoms with Gasteiger partial charge in [0.1, 0.15) is 11.7 Å². The predicted octanol–water partition coefficient (Wildman–Crippen LogP) is 3.33. The molecule has 0 radical (unpaired) electrons. The summed E-state index contributed by atoms with van der Waals surface area (Å²) in [5, 5.41) is 9.47. The molecule has 0 saturated carbocycles. The fraction of sp³-hybridized carbons (Fsp3) is 0.385. The normalized spacial score (nSPS) is 12.0. The first-order chi connectivity index (χ1) is 8.01. The number of benzene rings is 1. The summed E-state index contributed by atoms with van der Waals surface area (Å²) in [7, 11) is 1.48. The Morgan fingerprint density at radius 3 is 2.59 bits per heavy atom. The molecule has 0 spiro atoms. The molecule has 1 aromatic carbocycles. The van der Waals surface area contributed by atoms with Gasteiger partial charge in [0.05, 0.1) is 18.7 Å². The standard InChI is InChI=1S/C13H14ClNO2/c1-8(2)11(7-15)13(16)10-6-9(14)4-5-12(10)17-3/h4-6,8,11H,1-3H3. The van der Waals surface area contributed by atoms with E-state index >= 15 is 0 Å². The van der Waals surface area contributed by atoms with Crippen molar-refractivity contribution in [1.82, 2.24) is 0 Å². The van der Waals surface area contributed by atoms with E-state index in [1.807, 2.05) is 19.9 Å². The molecule has 0 amide bonds. The average molecular weight is 252 g/mol. The summed E-state index contributed by atoms with van der Waals surface area (Å²) in [6.45, 7) is 3.67. The maximum Gasteiger partial charge on any atom is 0.184 e. The second-order valence-electron chi connectivity index (χ2n) is 4.06. The summed E-state index contributed by atoms with van der Waals surface area (Å²) in [4.78, 5) is 12.2. The van der Waals surface area contributed by atoms with E-state index in [9.17, 15) is 4.79 Å². The molecular formula is C13H14ClNO2. The SMILES string of the molecule is COc1ccc(Cl)cc1C(=O)C(C#N)C(C)C. The minimum Gasteiger partial charge on any atom is -0.496 e. The van der Waals surface area contributed by atoms with Crippen LogP contribution in [0, 0.1) is 23.2 Å². The van der Waals surface area contributed by atoms with Crippen molar-refractivity contribution in [2.45, 2.75) is 13.8 Å². The number of carbonyl (C=O) groups excluding carboxylic acids is 1. The minimum absolute atomic E-state index is 0.0452. The van der Waals surface area contributed by atoms with Crippen LogP contribution in [0.15, 0.2) is 18.2 Å². The number of halogens is 1. The quantitative estimate of drug-likeness (QED) is 0.772. The highest BCUT2D eigenvalue weighted by molar-refractivity contribution is 6.31. The van der Waals surface area contributed by atoms with Gasteiger partial charge in [-0.25, -0.2) is 0 Å². The molecule has 0 bridgehead atoms. The Morgan fingerprint density at radius 1 is 1.47 bits per heavy atom. The topological polar surface area (TPSA) is 50.1 Å². The maximum atomic E-state index is 12.2. The summed E-state index contributed by atoms with van der Waals surface area (Å²) >= 11 is 5.85. The fourth-order valence-electron chi connectivity index (χ4n) is 1.55. The van der Waals surface area contributed by atoms with Crippen molar-refractivity contribution >= 4 is 17.4 Å². The molecule has 0 aliphatic heterocycles. The van der Waals surface area contributed by atoms with Gasteiger partial charge in [-0.3, -0.25) is 4.79 Å². The molecule has 0 aliphatic carbocycles. The summed E-state index contributed by atoms with van der Waals surface area (Å²) in [6, 6.07) is 6.84. The third-order valence-corrected chi connectivity index (χ3v) is 2.75. The number of ether oxygens (including phenoxy) is 1. The van der Waals surface area contributed by atoms with Crippen molar-refractivity contribution in [3.63, 3.8) is 0 Å². The van der Waals surface area contributed by atoms with Gasteiger partial charge in [-0.05, 0) is 24.1 Å². The molecule has 17 heavy (non-hydrogen) atoms. The van der Waals surface area contributed by atoms with E-state index in [2.05, 4.69) is 0 Å². The highest BCUT2D eigenvalue weighted by Crippen LogP contribution is 2.27. The van der Waals surface area contributed by atoms with Gasteiger partial charge in [-0.15, -0.1) is 0 Å². The van der Waals surface area contributed by atoms with Gasteiger partial charge in [0.15, 0.2) is 5.78 Å². The van der Waals surface area contributed by atoms with Crippen LogP contribution < -0.4 is 4.74 Å². The second-order valence-corrected chi connectivity index (χ2v) is 4.50. The summed E-state index contributed by atoms with van der Waals surface area (Å²) in [5.74, 6) is -0.527. The van der Waals surface area contributed by atoms with E-state index in [0.29, 0.717) is 16.3 Å². The molecule has 1 unspecified atom stereocenters. The van der Waals surface area contributed by atoms with Crippen molar-refractivity contribution in [2.24, 2.45) is 11.8 Å². The molecule has 0 heterocycles. The monoisotopic (exact) mass is 251 g/mol. The molecule has 0 fully saturated rings. The molecular weight excluding hydrogens is 238 g/mol. The van der Waals surface area contributed by atoms with Crippen molar-refractivity contribution in [2.75, 3.05) is 7.11 Å². The molecule has 1 rings (SSSR count). The molecule has 4 heteroatoms. The number of hydrogen-bond donors (Lipinski definition) is 0. The van der Waals surface area contributed by atoms with Crippen molar-refractivity contribution in [3.05, 3.63) is 28.8 Å². The number of rotatable bonds is 4. The zero-order valence-electron chi connectivity index (χ0n) is 10.0. The smallest absolute Gasteiger partial charge is 0.184 e. The van der Waals surface area contributed by atoms with E-state index in [-0.39, 0.29) is 11.7 Å². The van der Waals surface area contributed by atoms with E-state index < -0.39 is 5.92 Å². The largest absolute Gasteiger partial charge is 0.496 e.